The third-order valence-electron chi connectivity index (χ3n) is 3.29. The number of carbonyl (C=O) groups is 2. The van der Waals surface area contributed by atoms with Crippen LogP contribution in [0.4, 0.5) is 0 Å². The summed E-state index contributed by atoms with van der Waals surface area (Å²) in [5, 5.41) is 17.5. The van der Waals surface area contributed by atoms with E-state index in [1.807, 2.05) is 13.0 Å². The zero-order valence-corrected chi connectivity index (χ0v) is 12.6. The SMILES string of the molecule is CCCC=C(CCCCCCCCCC(=O)O)C(=O)O. The standard InChI is InChI=1S/C16H28O4/c1-2-3-11-14(16(19)20)12-9-7-5-4-6-8-10-13-15(17)18/h11H,2-10,12-13H2,1H3,(H,17,18)(H,19,20). The van der Waals surface area contributed by atoms with Gasteiger partial charge in [0.05, 0.1) is 0 Å². The van der Waals surface area contributed by atoms with Crippen LogP contribution in [0.1, 0.15) is 77.6 Å². The number of unbranched alkanes of at least 4 members (excludes halogenated alkanes) is 7. The van der Waals surface area contributed by atoms with Crippen LogP contribution in [0.25, 0.3) is 0 Å². The molecule has 0 aliphatic heterocycles. The molecule has 0 aromatic rings. The molecule has 0 bridgehead atoms. The molecule has 0 saturated carbocycles. The summed E-state index contributed by atoms with van der Waals surface area (Å²) in [6.07, 6.45) is 11.6. The summed E-state index contributed by atoms with van der Waals surface area (Å²) < 4.78 is 0. The highest BCUT2D eigenvalue weighted by molar-refractivity contribution is 5.86. The van der Waals surface area contributed by atoms with Gasteiger partial charge in [0, 0.05) is 12.0 Å². The fourth-order valence-corrected chi connectivity index (χ4v) is 2.09. The summed E-state index contributed by atoms with van der Waals surface area (Å²) in [5.74, 6) is -1.50. The van der Waals surface area contributed by atoms with Crippen molar-refractivity contribution in [2.45, 2.75) is 77.6 Å². The zero-order valence-electron chi connectivity index (χ0n) is 12.6. The molecule has 20 heavy (non-hydrogen) atoms. The van der Waals surface area contributed by atoms with Gasteiger partial charge in [-0.25, -0.2) is 4.79 Å². The number of carboxylic acids is 2. The first-order valence-corrected chi connectivity index (χ1v) is 7.72. The molecule has 0 amide bonds. The fraction of sp³-hybridized carbons (Fsp3) is 0.750. The molecule has 0 atom stereocenters. The number of hydrogen-bond donors (Lipinski definition) is 2. The van der Waals surface area contributed by atoms with Crippen LogP contribution in [0.5, 0.6) is 0 Å². The van der Waals surface area contributed by atoms with E-state index in [9.17, 15) is 9.59 Å². The highest BCUT2D eigenvalue weighted by Gasteiger charge is 2.05. The van der Waals surface area contributed by atoms with Crippen molar-refractivity contribution in [3.05, 3.63) is 11.6 Å². The zero-order chi connectivity index (χ0) is 15.2. The molecular formula is C16H28O4. The first-order valence-electron chi connectivity index (χ1n) is 7.72. The molecule has 0 saturated heterocycles. The van der Waals surface area contributed by atoms with E-state index in [1.165, 1.54) is 0 Å². The lowest BCUT2D eigenvalue weighted by Gasteiger charge is -2.03. The molecule has 0 radical (unpaired) electrons. The Balaban J connectivity index is 3.50. The topological polar surface area (TPSA) is 74.6 Å². The molecule has 0 aliphatic carbocycles. The minimum absolute atomic E-state index is 0.268. The van der Waals surface area contributed by atoms with Gasteiger partial charge in [-0.1, -0.05) is 51.5 Å². The van der Waals surface area contributed by atoms with E-state index in [2.05, 4.69) is 0 Å². The molecule has 0 aliphatic rings. The Morgan fingerprint density at radius 1 is 0.850 bits per heavy atom. The van der Waals surface area contributed by atoms with Crippen LogP contribution in [0.15, 0.2) is 11.6 Å². The Labute approximate surface area is 121 Å². The van der Waals surface area contributed by atoms with Crippen molar-refractivity contribution >= 4 is 11.9 Å². The summed E-state index contributed by atoms with van der Waals surface area (Å²) in [6.45, 7) is 2.04. The van der Waals surface area contributed by atoms with E-state index in [-0.39, 0.29) is 6.42 Å². The monoisotopic (exact) mass is 284 g/mol. The molecule has 0 rings (SSSR count). The van der Waals surface area contributed by atoms with E-state index in [1.54, 1.807) is 0 Å². The number of hydrogen-bond acceptors (Lipinski definition) is 2. The quantitative estimate of drug-likeness (QED) is 0.388. The van der Waals surface area contributed by atoms with Crippen LogP contribution in [0.2, 0.25) is 0 Å². The highest BCUT2D eigenvalue weighted by atomic mass is 16.4. The van der Waals surface area contributed by atoms with Gasteiger partial charge in [0.2, 0.25) is 0 Å². The van der Waals surface area contributed by atoms with Gasteiger partial charge in [0.15, 0.2) is 0 Å². The predicted molar refractivity (Wildman–Crippen MR) is 79.8 cm³/mol. The van der Waals surface area contributed by atoms with Crippen molar-refractivity contribution in [1.29, 1.82) is 0 Å². The Morgan fingerprint density at radius 3 is 1.80 bits per heavy atom. The average molecular weight is 284 g/mol. The molecular weight excluding hydrogens is 256 g/mol. The predicted octanol–water partition coefficient (Wildman–Crippen LogP) is 4.39. The molecule has 0 spiro atoms. The van der Waals surface area contributed by atoms with Crippen LogP contribution < -0.4 is 0 Å². The highest BCUT2D eigenvalue weighted by Crippen LogP contribution is 2.14. The Hall–Kier alpha value is -1.32. The maximum atomic E-state index is 11.0. The molecule has 0 aromatic heterocycles. The van der Waals surface area contributed by atoms with E-state index in [0.29, 0.717) is 12.0 Å². The van der Waals surface area contributed by atoms with Crippen molar-refractivity contribution in [3.8, 4) is 0 Å². The molecule has 0 aromatic carbocycles. The van der Waals surface area contributed by atoms with E-state index in [0.717, 1.165) is 57.8 Å². The summed E-state index contributed by atoms with van der Waals surface area (Å²) in [6, 6.07) is 0. The molecule has 0 heterocycles. The molecule has 2 N–H and O–H groups in total. The van der Waals surface area contributed by atoms with Crippen molar-refractivity contribution in [1.82, 2.24) is 0 Å². The van der Waals surface area contributed by atoms with Gasteiger partial charge < -0.3 is 10.2 Å². The lowest BCUT2D eigenvalue weighted by Crippen LogP contribution is -2.00. The Kier molecular flexibility index (Phi) is 11.9. The number of carboxylic acid groups (broad SMARTS) is 2. The largest absolute Gasteiger partial charge is 0.481 e. The van der Waals surface area contributed by atoms with Crippen molar-refractivity contribution in [2.24, 2.45) is 0 Å². The maximum Gasteiger partial charge on any atom is 0.331 e. The summed E-state index contributed by atoms with van der Waals surface area (Å²) >= 11 is 0. The summed E-state index contributed by atoms with van der Waals surface area (Å²) in [4.78, 5) is 21.3. The lowest BCUT2D eigenvalue weighted by atomic mass is 10.0. The van der Waals surface area contributed by atoms with Crippen LogP contribution in [0.3, 0.4) is 0 Å². The first-order chi connectivity index (χ1) is 9.57. The van der Waals surface area contributed by atoms with Gasteiger partial charge in [-0.05, 0) is 25.7 Å². The lowest BCUT2D eigenvalue weighted by molar-refractivity contribution is -0.137. The fourth-order valence-electron chi connectivity index (χ4n) is 2.09. The maximum absolute atomic E-state index is 11.0. The van der Waals surface area contributed by atoms with Crippen LogP contribution in [-0.2, 0) is 9.59 Å². The van der Waals surface area contributed by atoms with Crippen molar-refractivity contribution < 1.29 is 19.8 Å². The molecule has 4 nitrogen and oxygen atoms in total. The normalized spacial score (nSPS) is 11.6. The van der Waals surface area contributed by atoms with Gasteiger partial charge in [-0.15, -0.1) is 0 Å². The van der Waals surface area contributed by atoms with E-state index < -0.39 is 11.9 Å². The second-order valence-electron chi connectivity index (χ2n) is 5.19. The molecule has 0 unspecified atom stereocenters. The number of allylic oxidation sites excluding steroid dienone is 1. The van der Waals surface area contributed by atoms with Crippen LogP contribution >= 0.6 is 0 Å². The van der Waals surface area contributed by atoms with E-state index in [4.69, 9.17) is 10.2 Å². The first kappa shape index (κ1) is 18.7. The minimum atomic E-state index is -0.785. The minimum Gasteiger partial charge on any atom is -0.481 e. The molecule has 0 fully saturated rings. The molecule has 4 heteroatoms. The van der Waals surface area contributed by atoms with Crippen LogP contribution in [0, 0.1) is 0 Å². The second-order valence-corrected chi connectivity index (χ2v) is 5.19. The summed E-state index contributed by atoms with van der Waals surface area (Å²) in [5.41, 5.74) is 0.549. The van der Waals surface area contributed by atoms with Gasteiger partial charge >= 0.3 is 11.9 Å². The van der Waals surface area contributed by atoms with E-state index >= 15 is 0 Å². The van der Waals surface area contributed by atoms with Crippen molar-refractivity contribution in [2.75, 3.05) is 0 Å². The average Bonchev–Trinajstić information content (AvgIpc) is 2.39. The Bertz CT molecular complexity index is 308. The van der Waals surface area contributed by atoms with Crippen molar-refractivity contribution in [3.63, 3.8) is 0 Å². The number of aliphatic carboxylic acids is 2. The van der Waals surface area contributed by atoms with Gasteiger partial charge in [-0.2, -0.15) is 0 Å². The Morgan fingerprint density at radius 2 is 1.35 bits per heavy atom. The van der Waals surface area contributed by atoms with Crippen LogP contribution in [-0.4, -0.2) is 22.2 Å². The smallest absolute Gasteiger partial charge is 0.331 e. The van der Waals surface area contributed by atoms with Gasteiger partial charge in [0.25, 0.3) is 0 Å². The van der Waals surface area contributed by atoms with Gasteiger partial charge in [0.1, 0.15) is 0 Å². The third-order valence-corrected chi connectivity index (χ3v) is 3.29. The summed E-state index contributed by atoms with van der Waals surface area (Å²) in [7, 11) is 0. The second kappa shape index (κ2) is 12.7. The van der Waals surface area contributed by atoms with Gasteiger partial charge in [-0.3, -0.25) is 4.79 Å². The molecule has 116 valence electrons. The third kappa shape index (κ3) is 11.8. The number of rotatable bonds is 13.